The SMILES string of the molecule is Cc1c(C(=O)NCc2ccccn2)oc2c1[C@H](O)CC(C)(C)C2. The van der Waals surface area contributed by atoms with Crippen molar-refractivity contribution in [2.45, 2.75) is 46.3 Å². The summed E-state index contributed by atoms with van der Waals surface area (Å²) >= 11 is 0. The molecule has 1 aliphatic rings. The van der Waals surface area contributed by atoms with Crippen LogP contribution in [-0.2, 0) is 13.0 Å². The Labute approximate surface area is 135 Å². The highest BCUT2D eigenvalue weighted by Gasteiger charge is 2.37. The average molecular weight is 314 g/mol. The summed E-state index contributed by atoms with van der Waals surface area (Å²) in [6.45, 7) is 6.37. The van der Waals surface area contributed by atoms with Crippen molar-refractivity contribution < 1.29 is 14.3 Å². The number of aliphatic hydroxyl groups excluding tert-OH is 1. The van der Waals surface area contributed by atoms with Gasteiger partial charge in [0.05, 0.1) is 18.3 Å². The van der Waals surface area contributed by atoms with Crippen molar-refractivity contribution in [1.82, 2.24) is 10.3 Å². The van der Waals surface area contributed by atoms with E-state index in [1.807, 2.05) is 25.1 Å². The maximum absolute atomic E-state index is 12.4. The quantitative estimate of drug-likeness (QED) is 0.913. The number of furan rings is 1. The number of fused-ring (bicyclic) bond motifs is 1. The fourth-order valence-electron chi connectivity index (χ4n) is 3.26. The van der Waals surface area contributed by atoms with E-state index >= 15 is 0 Å². The van der Waals surface area contributed by atoms with E-state index in [9.17, 15) is 9.90 Å². The lowest BCUT2D eigenvalue weighted by atomic mass is 9.75. The maximum atomic E-state index is 12.4. The zero-order valence-corrected chi connectivity index (χ0v) is 13.7. The molecule has 3 rings (SSSR count). The number of aliphatic hydroxyl groups is 1. The van der Waals surface area contributed by atoms with E-state index in [4.69, 9.17) is 4.42 Å². The second kappa shape index (κ2) is 5.81. The van der Waals surface area contributed by atoms with Crippen molar-refractivity contribution in [3.05, 3.63) is 52.7 Å². The van der Waals surface area contributed by atoms with Crippen LogP contribution >= 0.6 is 0 Å². The zero-order valence-electron chi connectivity index (χ0n) is 13.7. The Morgan fingerprint density at radius 3 is 2.96 bits per heavy atom. The van der Waals surface area contributed by atoms with Gasteiger partial charge in [-0.25, -0.2) is 0 Å². The third-order valence-corrected chi connectivity index (χ3v) is 4.35. The predicted octanol–water partition coefficient (Wildman–Crippen LogP) is 2.92. The number of aromatic nitrogens is 1. The monoisotopic (exact) mass is 314 g/mol. The average Bonchev–Trinajstić information content (AvgIpc) is 2.81. The molecule has 0 saturated carbocycles. The maximum Gasteiger partial charge on any atom is 0.287 e. The second-order valence-corrected chi connectivity index (χ2v) is 6.96. The highest BCUT2D eigenvalue weighted by atomic mass is 16.4. The lowest BCUT2D eigenvalue weighted by Crippen LogP contribution is -2.25. The minimum absolute atomic E-state index is 0.0294. The molecule has 0 fully saturated rings. The summed E-state index contributed by atoms with van der Waals surface area (Å²) in [6.07, 6.45) is 2.52. The van der Waals surface area contributed by atoms with Crippen LogP contribution in [0.3, 0.4) is 0 Å². The van der Waals surface area contributed by atoms with Gasteiger partial charge in [-0.05, 0) is 30.9 Å². The summed E-state index contributed by atoms with van der Waals surface area (Å²) in [7, 11) is 0. The van der Waals surface area contributed by atoms with Gasteiger partial charge in [-0.1, -0.05) is 19.9 Å². The minimum Gasteiger partial charge on any atom is -0.455 e. The van der Waals surface area contributed by atoms with E-state index in [0.717, 1.165) is 29.0 Å². The summed E-state index contributed by atoms with van der Waals surface area (Å²) in [5, 5.41) is 13.2. The van der Waals surface area contributed by atoms with Crippen molar-refractivity contribution in [2.24, 2.45) is 5.41 Å². The molecule has 0 unspecified atom stereocenters. The molecule has 0 saturated heterocycles. The van der Waals surface area contributed by atoms with Gasteiger partial charge in [0, 0.05) is 23.7 Å². The molecule has 2 aromatic rings. The molecule has 1 amide bonds. The molecule has 0 bridgehead atoms. The van der Waals surface area contributed by atoms with E-state index in [-0.39, 0.29) is 11.3 Å². The first-order valence-corrected chi connectivity index (χ1v) is 7.86. The molecule has 2 heterocycles. The molecule has 23 heavy (non-hydrogen) atoms. The van der Waals surface area contributed by atoms with Gasteiger partial charge in [0.15, 0.2) is 5.76 Å². The largest absolute Gasteiger partial charge is 0.455 e. The fourth-order valence-corrected chi connectivity index (χ4v) is 3.26. The van der Waals surface area contributed by atoms with Crippen LogP contribution in [0.4, 0.5) is 0 Å². The number of amides is 1. The van der Waals surface area contributed by atoms with Crippen molar-refractivity contribution in [3.63, 3.8) is 0 Å². The van der Waals surface area contributed by atoms with Crippen LogP contribution in [-0.4, -0.2) is 16.0 Å². The first kappa shape index (κ1) is 15.7. The Balaban J connectivity index is 1.80. The van der Waals surface area contributed by atoms with Gasteiger partial charge in [0.25, 0.3) is 5.91 Å². The lowest BCUT2D eigenvalue weighted by Gasteiger charge is -2.31. The summed E-state index contributed by atoms with van der Waals surface area (Å²) < 4.78 is 5.80. The minimum atomic E-state index is -0.574. The van der Waals surface area contributed by atoms with Gasteiger partial charge in [-0.15, -0.1) is 0 Å². The van der Waals surface area contributed by atoms with E-state index < -0.39 is 6.10 Å². The summed E-state index contributed by atoms with van der Waals surface area (Å²) in [6, 6.07) is 5.57. The summed E-state index contributed by atoms with van der Waals surface area (Å²) in [5.41, 5.74) is 2.28. The molecule has 2 aromatic heterocycles. The molecule has 1 aliphatic carbocycles. The first-order chi connectivity index (χ1) is 10.9. The number of nitrogens with zero attached hydrogens (tertiary/aromatic N) is 1. The molecule has 0 radical (unpaired) electrons. The third-order valence-electron chi connectivity index (χ3n) is 4.35. The van der Waals surface area contributed by atoms with E-state index in [2.05, 4.69) is 24.1 Å². The van der Waals surface area contributed by atoms with E-state index in [1.165, 1.54) is 0 Å². The molecular formula is C18H22N2O3. The number of carbonyl (C=O) groups excluding carboxylic acids is 1. The van der Waals surface area contributed by atoms with Crippen molar-refractivity contribution in [2.75, 3.05) is 0 Å². The van der Waals surface area contributed by atoms with Gasteiger partial charge in [0.1, 0.15) is 5.76 Å². The van der Waals surface area contributed by atoms with Crippen LogP contribution in [0.2, 0.25) is 0 Å². The molecule has 1 atom stereocenters. The van der Waals surface area contributed by atoms with Crippen LogP contribution in [0.5, 0.6) is 0 Å². The predicted molar refractivity (Wildman–Crippen MR) is 85.9 cm³/mol. The Morgan fingerprint density at radius 2 is 2.26 bits per heavy atom. The summed E-state index contributed by atoms with van der Waals surface area (Å²) in [5.74, 6) is 0.754. The number of hydrogen-bond donors (Lipinski definition) is 2. The number of hydrogen-bond acceptors (Lipinski definition) is 4. The molecule has 2 N–H and O–H groups in total. The molecule has 0 aliphatic heterocycles. The molecule has 5 heteroatoms. The molecule has 5 nitrogen and oxygen atoms in total. The number of rotatable bonds is 3. The smallest absolute Gasteiger partial charge is 0.287 e. The summed E-state index contributed by atoms with van der Waals surface area (Å²) in [4.78, 5) is 16.6. The Bertz CT molecular complexity index is 719. The molecular weight excluding hydrogens is 292 g/mol. The Kier molecular flexibility index (Phi) is 3.98. The fraction of sp³-hybridized carbons (Fsp3) is 0.444. The Hall–Kier alpha value is -2.14. The number of pyridine rings is 1. The van der Waals surface area contributed by atoms with E-state index in [0.29, 0.717) is 18.7 Å². The van der Waals surface area contributed by atoms with Gasteiger partial charge in [-0.2, -0.15) is 0 Å². The van der Waals surface area contributed by atoms with Crippen molar-refractivity contribution in [3.8, 4) is 0 Å². The first-order valence-electron chi connectivity index (χ1n) is 7.86. The normalized spacial score (nSPS) is 19.2. The lowest BCUT2D eigenvalue weighted by molar-refractivity contribution is 0.0883. The van der Waals surface area contributed by atoms with Gasteiger partial charge < -0.3 is 14.8 Å². The third kappa shape index (κ3) is 3.15. The van der Waals surface area contributed by atoms with Crippen molar-refractivity contribution in [1.29, 1.82) is 0 Å². The van der Waals surface area contributed by atoms with Crippen LogP contribution in [0, 0.1) is 12.3 Å². The van der Waals surface area contributed by atoms with Crippen LogP contribution in [0.25, 0.3) is 0 Å². The topological polar surface area (TPSA) is 75.4 Å². The van der Waals surface area contributed by atoms with Crippen LogP contribution in [0.1, 0.15) is 59.5 Å². The standard InChI is InChI=1S/C18H22N2O3/c1-11-15-13(21)8-18(2,3)9-14(15)23-16(11)17(22)20-10-12-6-4-5-7-19-12/h4-7,13,21H,8-10H2,1-3H3,(H,20,22)/t13-/m1/s1. The van der Waals surface area contributed by atoms with Gasteiger partial charge in [-0.3, -0.25) is 9.78 Å². The Morgan fingerprint density at radius 1 is 1.48 bits per heavy atom. The van der Waals surface area contributed by atoms with Crippen molar-refractivity contribution >= 4 is 5.91 Å². The van der Waals surface area contributed by atoms with Gasteiger partial charge >= 0.3 is 0 Å². The highest BCUT2D eigenvalue weighted by molar-refractivity contribution is 5.93. The zero-order chi connectivity index (χ0) is 16.6. The van der Waals surface area contributed by atoms with Gasteiger partial charge in [0.2, 0.25) is 0 Å². The molecule has 122 valence electrons. The second-order valence-electron chi connectivity index (χ2n) is 6.96. The van der Waals surface area contributed by atoms with E-state index in [1.54, 1.807) is 6.20 Å². The molecule has 0 aromatic carbocycles. The highest BCUT2D eigenvalue weighted by Crippen LogP contribution is 2.43. The van der Waals surface area contributed by atoms with Crippen LogP contribution < -0.4 is 5.32 Å². The number of nitrogens with one attached hydrogen (secondary N) is 1. The van der Waals surface area contributed by atoms with Crippen LogP contribution in [0.15, 0.2) is 28.8 Å². The molecule has 0 spiro atoms. The number of carbonyl (C=O) groups is 1.